The number of cyclic esters (lactones) is 1. The summed E-state index contributed by atoms with van der Waals surface area (Å²) in [6.07, 6.45) is 5.15. The molecule has 6 heteroatoms. The van der Waals surface area contributed by atoms with Gasteiger partial charge in [-0.2, -0.15) is 0 Å². The highest BCUT2D eigenvalue weighted by Crippen LogP contribution is 2.33. The van der Waals surface area contributed by atoms with Gasteiger partial charge in [-0.25, -0.2) is 4.79 Å². The number of benzene rings is 1. The van der Waals surface area contributed by atoms with Crippen molar-refractivity contribution in [2.75, 3.05) is 37.0 Å². The number of amides is 1. The van der Waals surface area contributed by atoms with Crippen LogP contribution in [-0.4, -0.2) is 32.9 Å². The summed E-state index contributed by atoms with van der Waals surface area (Å²) in [6, 6.07) is 9.36. The fraction of sp³-hybridized carbons (Fsp3) is 0.235. The highest BCUT2D eigenvalue weighted by atomic mass is 16.6. The van der Waals surface area contributed by atoms with Crippen LogP contribution in [0.3, 0.4) is 0 Å². The van der Waals surface area contributed by atoms with Crippen molar-refractivity contribution in [3.63, 3.8) is 0 Å². The number of hydrogen-bond donors (Lipinski definition) is 1. The molecule has 1 amide bonds. The second kappa shape index (κ2) is 6.91. The van der Waals surface area contributed by atoms with Gasteiger partial charge in [-0.15, -0.1) is 0 Å². The van der Waals surface area contributed by atoms with E-state index in [9.17, 15) is 4.79 Å². The molecule has 0 radical (unpaired) electrons. The van der Waals surface area contributed by atoms with Crippen molar-refractivity contribution in [2.24, 2.45) is 0 Å². The molecule has 120 valence electrons. The lowest BCUT2D eigenvalue weighted by Crippen LogP contribution is -2.24. The molecule has 3 rings (SSSR count). The summed E-state index contributed by atoms with van der Waals surface area (Å²) in [6.45, 7) is 1.56. The second-order valence-corrected chi connectivity index (χ2v) is 4.95. The van der Waals surface area contributed by atoms with Crippen LogP contribution in [0.1, 0.15) is 5.76 Å². The molecule has 1 aromatic carbocycles. The van der Waals surface area contributed by atoms with Crippen LogP contribution in [0.4, 0.5) is 16.2 Å². The number of nitrogens with zero attached hydrogens (tertiary/aromatic N) is 1. The van der Waals surface area contributed by atoms with Crippen LogP contribution in [0.2, 0.25) is 0 Å². The molecule has 1 aliphatic heterocycles. The normalized spacial score (nSPS) is 14.3. The molecule has 0 bridgehead atoms. The smallest absolute Gasteiger partial charge is 0.414 e. The maximum Gasteiger partial charge on any atom is 0.414 e. The highest BCUT2D eigenvalue weighted by molar-refractivity contribution is 5.92. The molecule has 1 fully saturated rings. The average molecular weight is 314 g/mol. The number of carbonyl (C=O) groups excluding carboxylic acids is 1. The van der Waals surface area contributed by atoms with Crippen LogP contribution in [0, 0.1) is 0 Å². The Morgan fingerprint density at radius 1 is 1.39 bits per heavy atom. The SMILES string of the molecule is COc1ccc(NCC=Cc2ccco2)cc1N1CCOC1=O. The van der Waals surface area contributed by atoms with E-state index < -0.39 is 0 Å². The minimum Gasteiger partial charge on any atom is -0.495 e. The first-order valence-corrected chi connectivity index (χ1v) is 7.34. The molecule has 0 unspecified atom stereocenters. The van der Waals surface area contributed by atoms with Gasteiger partial charge in [0.15, 0.2) is 0 Å². The van der Waals surface area contributed by atoms with Crippen LogP contribution in [0.5, 0.6) is 5.75 Å². The highest BCUT2D eigenvalue weighted by Gasteiger charge is 2.26. The predicted octanol–water partition coefficient (Wildman–Crippen LogP) is 3.37. The van der Waals surface area contributed by atoms with E-state index in [1.165, 1.54) is 0 Å². The van der Waals surface area contributed by atoms with Gasteiger partial charge in [0.25, 0.3) is 0 Å². The number of furan rings is 1. The summed E-state index contributed by atoms with van der Waals surface area (Å²) in [5.41, 5.74) is 1.60. The average Bonchev–Trinajstić information content (AvgIpc) is 3.23. The van der Waals surface area contributed by atoms with Crippen molar-refractivity contribution in [3.05, 3.63) is 48.4 Å². The predicted molar refractivity (Wildman–Crippen MR) is 87.9 cm³/mol. The van der Waals surface area contributed by atoms with Crippen LogP contribution < -0.4 is 15.0 Å². The topological polar surface area (TPSA) is 63.9 Å². The van der Waals surface area contributed by atoms with E-state index in [1.807, 2.05) is 42.5 Å². The lowest BCUT2D eigenvalue weighted by Gasteiger charge is -2.18. The van der Waals surface area contributed by atoms with Gasteiger partial charge >= 0.3 is 6.09 Å². The largest absolute Gasteiger partial charge is 0.495 e. The number of ether oxygens (including phenoxy) is 2. The van der Waals surface area contributed by atoms with Crippen LogP contribution >= 0.6 is 0 Å². The van der Waals surface area contributed by atoms with E-state index in [0.717, 1.165) is 11.4 Å². The molecule has 1 aliphatic rings. The van der Waals surface area contributed by atoms with Gasteiger partial charge in [-0.05, 0) is 36.4 Å². The number of rotatable bonds is 6. The summed E-state index contributed by atoms with van der Waals surface area (Å²) in [4.78, 5) is 13.3. The molecule has 1 saturated heterocycles. The molecule has 0 aliphatic carbocycles. The molecule has 6 nitrogen and oxygen atoms in total. The summed E-state index contributed by atoms with van der Waals surface area (Å²) < 4.78 is 15.5. The first kappa shape index (κ1) is 15.0. The van der Waals surface area contributed by atoms with Crippen LogP contribution in [-0.2, 0) is 4.74 Å². The van der Waals surface area contributed by atoms with Gasteiger partial charge in [0.2, 0.25) is 0 Å². The van der Waals surface area contributed by atoms with E-state index >= 15 is 0 Å². The number of hydrogen-bond acceptors (Lipinski definition) is 5. The van der Waals surface area contributed by atoms with Crippen LogP contribution in [0.15, 0.2) is 47.1 Å². The Hall–Kier alpha value is -2.89. The minimum absolute atomic E-state index is 0.349. The monoisotopic (exact) mass is 314 g/mol. The molecular formula is C17H18N2O4. The minimum atomic E-state index is -0.349. The summed E-state index contributed by atoms with van der Waals surface area (Å²) in [7, 11) is 1.58. The maximum absolute atomic E-state index is 11.8. The van der Waals surface area contributed by atoms with Crippen molar-refractivity contribution in [1.82, 2.24) is 0 Å². The lowest BCUT2D eigenvalue weighted by atomic mass is 10.2. The number of anilines is 2. The van der Waals surface area contributed by atoms with Crippen molar-refractivity contribution < 1.29 is 18.7 Å². The fourth-order valence-corrected chi connectivity index (χ4v) is 2.36. The van der Waals surface area contributed by atoms with Gasteiger partial charge < -0.3 is 19.2 Å². The second-order valence-electron chi connectivity index (χ2n) is 4.95. The van der Waals surface area contributed by atoms with E-state index in [2.05, 4.69) is 5.32 Å². The molecule has 1 aromatic heterocycles. The Balaban J connectivity index is 1.69. The molecule has 2 heterocycles. The van der Waals surface area contributed by atoms with Crippen molar-refractivity contribution in [2.45, 2.75) is 0 Å². The Labute approximate surface area is 134 Å². The van der Waals surface area contributed by atoms with E-state index in [0.29, 0.717) is 31.1 Å². The summed E-state index contributed by atoms with van der Waals surface area (Å²) in [5, 5.41) is 3.27. The molecule has 23 heavy (non-hydrogen) atoms. The lowest BCUT2D eigenvalue weighted by molar-refractivity contribution is 0.181. The molecule has 1 N–H and O–H groups in total. The molecular weight excluding hydrogens is 296 g/mol. The fourth-order valence-electron chi connectivity index (χ4n) is 2.36. The number of carbonyl (C=O) groups is 1. The zero-order valence-electron chi connectivity index (χ0n) is 12.8. The third-order valence-corrected chi connectivity index (χ3v) is 3.48. The van der Waals surface area contributed by atoms with Gasteiger partial charge in [0.05, 0.1) is 25.6 Å². The standard InChI is InChI=1S/C17H18N2O4/c1-21-16-7-6-13(12-15(16)19-9-11-23-17(19)20)18-8-2-4-14-5-3-10-22-14/h2-7,10,12,18H,8-9,11H2,1H3. The Bertz CT molecular complexity index is 695. The summed E-state index contributed by atoms with van der Waals surface area (Å²) >= 11 is 0. The van der Waals surface area contributed by atoms with E-state index in [4.69, 9.17) is 13.9 Å². The number of methoxy groups -OCH3 is 1. The van der Waals surface area contributed by atoms with E-state index in [1.54, 1.807) is 18.3 Å². The van der Waals surface area contributed by atoms with Gasteiger partial charge in [0.1, 0.15) is 18.1 Å². The van der Waals surface area contributed by atoms with Gasteiger partial charge in [0, 0.05) is 12.2 Å². The van der Waals surface area contributed by atoms with Crippen molar-refractivity contribution in [1.29, 1.82) is 0 Å². The third kappa shape index (κ3) is 3.48. The summed E-state index contributed by atoms with van der Waals surface area (Å²) in [5.74, 6) is 1.45. The van der Waals surface area contributed by atoms with Crippen molar-refractivity contribution in [3.8, 4) is 5.75 Å². The third-order valence-electron chi connectivity index (χ3n) is 3.48. The Morgan fingerprint density at radius 2 is 2.30 bits per heavy atom. The number of nitrogens with one attached hydrogen (secondary N) is 1. The van der Waals surface area contributed by atoms with Gasteiger partial charge in [-0.3, -0.25) is 4.90 Å². The van der Waals surface area contributed by atoms with Crippen LogP contribution in [0.25, 0.3) is 6.08 Å². The Morgan fingerprint density at radius 3 is 3.00 bits per heavy atom. The van der Waals surface area contributed by atoms with Crippen molar-refractivity contribution >= 4 is 23.5 Å². The zero-order valence-corrected chi connectivity index (χ0v) is 12.8. The first-order chi connectivity index (χ1) is 11.3. The maximum atomic E-state index is 11.8. The molecule has 2 aromatic rings. The molecule has 0 saturated carbocycles. The first-order valence-electron chi connectivity index (χ1n) is 7.34. The molecule has 0 atom stereocenters. The Kier molecular flexibility index (Phi) is 4.52. The van der Waals surface area contributed by atoms with Gasteiger partial charge in [-0.1, -0.05) is 6.08 Å². The molecule has 0 spiro atoms. The quantitative estimate of drug-likeness (QED) is 0.885. The van der Waals surface area contributed by atoms with E-state index in [-0.39, 0.29) is 6.09 Å². The zero-order chi connectivity index (χ0) is 16.1.